The Hall–Kier alpha value is -0.0800. The minimum atomic E-state index is -0.102. The van der Waals surface area contributed by atoms with Gasteiger partial charge in [0, 0.05) is 13.2 Å². The van der Waals surface area contributed by atoms with Gasteiger partial charge in [-0.25, -0.2) is 0 Å². The Morgan fingerprint density at radius 1 is 1.30 bits per heavy atom. The summed E-state index contributed by atoms with van der Waals surface area (Å²) in [6, 6.07) is 0. The molecule has 0 rings (SSSR count). The van der Waals surface area contributed by atoms with E-state index in [1.54, 1.807) is 0 Å². The van der Waals surface area contributed by atoms with E-state index in [0.29, 0.717) is 12.3 Å². The lowest BCUT2D eigenvalue weighted by molar-refractivity contribution is 0.0650. The van der Waals surface area contributed by atoms with Gasteiger partial charge in [0.15, 0.2) is 0 Å². The number of hydrogen-bond acceptors (Lipinski definition) is 2. The lowest BCUT2D eigenvalue weighted by atomic mass is 9.77. The van der Waals surface area contributed by atoms with Crippen molar-refractivity contribution in [1.29, 1.82) is 0 Å². The highest BCUT2D eigenvalue weighted by Gasteiger charge is 2.26. The number of aliphatic hydroxyl groups is 2. The van der Waals surface area contributed by atoms with Crippen molar-refractivity contribution in [2.45, 2.75) is 27.2 Å². The van der Waals surface area contributed by atoms with E-state index in [-0.39, 0.29) is 18.6 Å². The van der Waals surface area contributed by atoms with Crippen LogP contribution in [-0.2, 0) is 0 Å². The second kappa shape index (κ2) is 3.94. The third-order valence-electron chi connectivity index (χ3n) is 2.44. The van der Waals surface area contributed by atoms with Crippen LogP contribution in [0.2, 0.25) is 0 Å². The molecular formula is C8H18O2. The molecule has 0 bridgehead atoms. The summed E-state index contributed by atoms with van der Waals surface area (Å²) in [7, 11) is 0. The summed E-state index contributed by atoms with van der Waals surface area (Å²) in [4.78, 5) is 0. The minimum Gasteiger partial charge on any atom is -0.396 e. The van der Waals surface area contributed by atoms with Crippen LogP contribution < -0.4 is 0 Å². The van der Waals surface area contributed by atoms with Crippen molar-refractivity contribution in [2.75, 3.05) is 13.2 Å². The SMILES string of the molecule is CC(C)C(C)(CO)CCO. The van der Waals surface area contributed by atoms with E-state index < -0.39 is 0 Å². The lowest BCUT2D eigenvalue weighted by Crippen LogP contribution is -2.28. The zero-order valence-electron chi connectivity index (χ0n) is 7.09. The fraction of sp³-hybridized carbons (Fsp3) is 1.00. The molecule has 1 atom stereocenters. The van der Waals surface area contributed by atoms with Gasteiger partial charge in [0.25, 0.3) is 0 Å². The predicted molar refractivity (Wildman–Crippen MR) is 41.7 cm³/mol. The van der Waals surface area contributed by atoms with Crippen molar-refractivity contribution < 1.29 is 10.2 Å². The van der Waals surface area contributed by atoms with Gasteiger partial charge in [0.05, 0.1) is 0 Å². The van der Waals surface area contributed by atoms with Gasteiger partial charge in [-0.3, -0.25) is 0 Å². The first kappa shape index (κ1) is 9.92. The van der Waals surface area contributed by atoms with Crippen molar-refractivity contribution in [3.05, 3.63) is 0 Å². The Bertz CT molecular complexity index is 91.3. The molecule has 0 radical (unpaired) electrons. The molecule has 2 heteroatoms. The van der Waals surface area contributed by atoms with Crippen molar-refractivity contribution in [1.82, 2.24) is 0 Å². The van der Waals surface area contributed by atoms with Crippen LogP contribution in [0.4, 0.5) is 0 Å². The Labute approximate surface area is 62.9 Å². The number of rotatable bonds is 4. The van der Waals surface area contributed by atoms with E-state index in [9.17, 15) is 0 Å². The van der Waals surface area contributed by atoms with Crippen LogP contribution in [0.15, 0.2) is 0 Å². The normalized spacial score (nSPS) is 17.4. The Balaban J connectivity index is 3.94. The van der Waals surface area contributed by atoms with E-state index in [1.165, 1.54) is 0 Å². The zero-order chi connectivity index (χ0) is 8.20. The molecule has 0 spiro atoms. The first-order chi connectivity index (χ1) is 4.56. The fourth-order valence-corrected chi connectivity index (χ4v) is 0.806. The molecule has 0 saturated carbocycles. The second-order valence-electron chi connectivity index (χ2n) is 3.44. The Morgan fingerprint density at radius 3 is 1.90 bits per heavy atom. The van der Waals surface area contributed by atoms with Gasteiger partial charge in [-0.05, 0) is 17.8 Å². The summed E-state index contributed by atoms with van der Waals surface area (Å²) in [5.41, 5.74) is -0.102. The summed E-state index contributed by atoms with van der Waals surface area (Å²) in [6.07, 6.45) is 0.682. The van der Waals surface area contributed by atoms with E-state index >= 15 is 0 Å². The average Bonchev–Trinajstić information content (AvgIpc) is 1.88. The predicted octanol–water partition coefficient (Wildman–Crippen LogP) is 1.02. The maximum absolute atomic E-state index is 8.98. The summed E-state index contributed by atoms with van der Waals surface area (Å²) in [5.74, 6) is 0.421. The molecule has 0 aromatic carbocycles. The third-order valence-corrected chi connectivity index (χ3v) is 2.44. The van der Waals surface area contributed by atoms with Crippen molar-refractivity contribution >= 4 is 0 Å². The summed E-state index contributed by atoms with van der Waals surface area (Å²) >= 11 is 0. The molecule has 62 valence electrons. The third kappa shape index (κ3) is 2.27. The van der Waals surface area contributed by atoms with E-state index in [1.807, 2.05) is 6.92 Å². The van der Waals surface area contributed by atoms with Gasteiger partial charge in [-0.2, -0.15) is 0 Å². The molecule has 0 amide bonds. The molecule has 0 aromatic rings. The van der Waals surface area contributed by atoms with Gasteiger partial charge in [0.2, 0.25) is 0 Å². The molecule has 10 heavy (non-hydrogen) atoms. The van der Waals surface area contributed by atoms with Gasteiger partial charge in [0.1, 0.15) is 0 Å². The number of aliphatic hydroxyl groups excluding tert-OH is 2. The Morgan fingerprint density at radius 2 is 1.80 bits per heavy atom. The maximum Gasteiger partial charge on any atom is 0.0488 e. The molecule has 0 aromatic heterocycles. The highest BCUT2D eigenvalue weighted by atomic mass is 16.3. The standard InChI is InChI=1S/C8H18O2/c1-7(2)8(3,6-10)4-5-9/h7,9-10H,4-6H2,1-3H3. The van der Waals surface area contributed by atoms with E-state index in [4.69, 9.17) is 10.2 Å². The van der Waals surface area contributed by atoms with E-state index in [2.05, 4.69) is 13.8 Å². The molecule has 0 aliphatic carbocycles. The van der Waals surface area contributed by atoms with Crippen LogP contribution in [0, 0.1) is 11.3 Å². The minimum absolute atomic E-state index is 0.102. The smallest absolute Gasteiger partial charge is 0.0488 e. The molecule has 0 saturated heterocycles. The Kier molecular flexibility index (Phi) is 3.91. The molecule has 0 aliphatic rings. The van der Waals surface area contributed by atoms with Crippen LogP contribution in [0.3, 0.4) is 0 Å². The summed E-state index contributed by atoms with van der Waals surface area (Å²) in [5, 5.41) is 17.6. The van der Waals surface area contributed by atoms with Gasteiger partial charge in [-0.15, -0.1) is 0 Å². The molecular weight excluding hydrogens is 128 g/mol. The second-order valence-corrected chi connectivity index (χ2v) is 3.44. The molecule has 2 nitrogen and oxygen atoms in total. The first-order valence-electron chi connectivity index (χ1n) is 3.78. The van der Waals surface area contributed by atoms with Gasteiger partial charge in [-0.1, -0.05) is 20.8 Å². The number of hydrogen-bond donors (Lipinski definition) is 2. The zero-order valence-corrected chi connectivity index (χ0v) is 7.09. The van der Waals surface area contributed by atoms with Crippen LogP contribution in [-0.4, -0.2) is 23.4 Å². The largest absolute Gasteiger partial charge is 0.396 e. The van der Waals surface area contributed by atoms with Crippen LogP contribution in [0.1, 0.15) is 27.2 Å². The summed E-state index contributed by atoms with van der Waals surface area (Å²) < 4.78 is 0. The van der Waals surface area contributed by atoms with Crippen molar-refractivity contribution in [3.63, 3.8) is 0 Å². The quantitative estimate of drug-likeness (QED) is 0.621. The molecule has 2 N–H and O–H groups in total. The van der Waals surface area contributed by atoms with Crippen LogP contribution in [0.25, 0.3) is 0 Å². The van der Waals surface area contributed by atoms with Crippen molar-refractivity contribution in [2.24, 2.45) is 11.3 Å². The first-order valence-corrected chi connectivity index (χ1v) is 3.78. The topological polar surface area (TPSA) is 40.5 Å². The summed E-state index contributed by atoms with van der Waals surface area (Å²) in [6.45, 7) is 6.44. The average molecular weight is 146 g/mol. The molecule has 1 unspecified atom stereocenters. The lowest BCUT2D eigenvalue weighted by Gasteiger charge is -2.30. The van der Waals surface area contributed by atoms with Crippen molar-refractivity contribution in [3.8, 4) is 0 Å². The highest BCUT2D eigenvalue weighted by Crippen LogP contribution is 2.29. The fourth-order valence-electron chi connectivity index (χ4n) is 0.806. The molecule has 0 fully saturated rings. The molecule has 0 aliphatic heterocycles. The van der Waals surface area contributed by atoms with E-state index in [0.717, 1.165) is 0 Å². The van der Waals surface area contributed by atoms with Crippen LogP contribution >= 0.6 is 0 Å². The van der Waals surface area contributed by atoms with Gasteiger partial charge >= 0.3 is 0 Å². The van der Waals surface area contributed by atoms with Gasteiger partial charge < -0.3 is 10.2 Å². The molecule has 0 heterocycles. The monoisotopic (exact) mass is 146 g/mol. The maximum atomic E-state index is 8.98. The van der Waals surface area contributed by atoms with Crippen LogP contribution in [0.5, 0.6) is 0 Å². The highest BCUT2D eigenvalue weighted by molar-refractivity contribution is 4.75.